The van der Waals surface area contributed by atoms with Gasteiger partial charge in [0.25, 0.3) is 0 Å². The van der Waals surface area contributed by atoms with Crippen LogP contribution in [0.15, 0.2) is 4.52 Å². The Balaban J connectivity index is 2.47. The third-order valence-corrected chi connectivity index (χ3v) is 3.12. The number of nitrogens with zero attached hydrogens (tertiary/aromatic N) is 1. The minimum Gasteiger partial charge on any atom is -0.394 e. The van der Waals surface area contributed by atoms with Gasteiger partial charge in [-0.05, 0) is 33.6 Å². The van der Waals surface area contributed by atoms with Crippen LogP contribution in [0.4, 0.5) is 4.79 Å². The molecule has 2 amide bonds. The number of carbonyl (C=O) groups is 1. The average molecular weight is 269 g/mol. The lowest BCUT2D eigenvalue weighted by Crippen LogP contribution is -2.47. The van der Waals surface area contributed by atoms with E-state index in [-0.39, 0.29) is 24.7 Å². The van der Waals surface area contributed by atoms with Crippen LogP contribution in [0.1, 0.15) is 37.3 Å². The molecule has 0 saturated carbocycles. The summed E-state index contributed by atoms with van der Waals surface area (Å²) in [5, 5.41) is 18.5. The second-order valence-corrected chi connectivity index (χ2v) is 4.81. The van der Waals surface area contributed by atoms with Crippen molar-refractivity contribution < 1.29 is 14.4 Å². The van der Waals surface area contributed by atoms with Gasteiger partial charge in [0.1, 0.15) is 5.76 Å². The van der Waals surface area contributed by atoms with Crippen molar-refractivity contribution in [3.63, 3.8) is 0 Å². The number of aryl methyl sites for hydroxylation is 2. The minimum atomic E-state index is -0.264. The van der Waals surface area contributed by atoms with Crippen LogP contribution in [0.2, 0.25) is 0 Å². The molecular weight excluding hydrogens is 246 g/mol. The molecule has 0 fully saturated rings. The lowest BCUT2D eigenvalue weighted by atomic mass is 10.1. The zero-order chi connectivity index (χ0) is 14.4. The molecule has 0 radical (unpaired) electrons. The van der Waals surface area contributed by atoms with Crippen LogP contribution in [-0.2, 0) is 6.42 Å². The molecule has 3 N–H and O–H groups in total. The Labute approximate surface area is 113 Å². The van der Waals surface area contributed by atoms with Gasteiger partial charge in [0.2, 0.25) is 0 Å². The Morgan fingerprint density at radius 2 is 2.11 bits per heavy atom. The topological polar surface area (TPSA) is 87.4 Å². The molecule has 2 unspecified atom stereocenters. The smallest absolute Gasteiger partial charge is 0.315 e. The fourth-order valence-corrected chi connectivity index (χ4v) is 1.88. The van der Waals surface area contributed by atoms with Gasteiger partial charge in [0, 0.05) is 11.6 Å². The van der Waals surface area contributed by atoms with Crippen molar-refractivity contribution in [1.29, 1.82) is 0 Å². The summed E-state index contributed by atoms with van der Waals surface area (Å²) in [5.41, 5.74) is 1.88. The molecule has 0 spiro atoms. The highest BCUT2D eigenvalue weighted by Gasteiger charge is 2.15. The third kappa shape index (κ3) is 4.55. The molecule has 2 atom stereocenters. The van der Waals surface area contributed by atoms with Crippen molar-refractivity contribution in [1.82, 2.24) is 15.8 Å². The molecule has 1 rings (SSSR count). The Morgan fingerprint density at radius 1 is 1.42 bits per heavy atom. The summed E-state index contributed by atoms with van der Waals surface area (Å²) < 4.78 is 5.09. The number of carbonyl (C=O) groups excluding carboxylic acids is 1. The summed E-state index contributed by atoms with van der Waals surface area (Å²) >= 11 is 0. The molecule has 108 valence electrons. The van der Waals surface area contributed by atoms with Gasteiger partial charge in [-0.3, -0.25) is 0 Å². The minimum absolute atomic E-state index is 0.0343. The average Bonchev–Trinajstić information content (AvgIpc) is 2.67. The van der Waals surface area contributed by atoms with E-state index < -0.39 is 0 Å². The molecule has 0 aliphatic rings. The SMILES string of the molecule is CCC(CO)NC(=O)NC(C)Cc1c(C)noc1C. The van der Waals surface area contributed by atoms with Crippen LogP contribution in [0, 0.1) is 13.8 Å². The normalized spacial score (nSPS) is 13.9. The monoisotopic (exact) mass is 269 g/mol. The highest BCUT2D eigenvalue weighted by molar-refractivity contribution is 5.74. The lowest BCUT2D eigenvalue weighted by molar-refractivity contribution is 0.212. The third-order valence-electron chi connectivity index (χ3n) is 3.12. The molecule has 0 aliphatic carbocycles. The van der Waals surface area contributed by atoms with Crippen molar-refractivity contribution in [3.05, 3.63) is 17.0 Å². The Kier molecular flexibility index (Phi) is 5.82. The highest BCUT2D eigenvalue weighted by atomic mass is 16.5. The maximum atomic E-state index is 11.7. The number of hydrogen-bond acceptors (Lipinski definition) is 4. The zero-order valence-corrected chi connectivity index (χ0v) is 12.0. The molecule has 1 aromatic heterocycles. The van der Waals surface area contributed by atoms with E-state index >= 15 is 0 Å². The van der Waals surface area contributed by atoms with Crippen molar-refractivity contribution in [2.24, 2.45) is 0 Å². The molecule has 1 heterocycles. The Bertz CT molecular complexity index is 394. The molecule has 0 aromatic carbocycles. The van der Waals surface area contributed by atoms with Gasteiger partial charge >= 0.3 is 6.03 Å². The zero-order valence-electron chi connectivity index (χ0n) is 12.0. The number of aromatic nitrogens is 1. The van der Waals surface area contributed by atoms with E-state index in [4.69, 9.17) is 9.63 Å². The summed E-state index contributed by atoms with van der Waals surface area (Å²) in [7, 11) is 0. The second-order valence-electron chi connectivity index (χ2n) is 4.81. The van der Waals surface area contributed by atoms with Crippen molar-refractivity contribution in [2.75, 3.05) is 6.61 Å². The fourth-order valence-electron chi connectivity index (χ4n) is 1.88. The highest BCUT2D eigenvalue weighted by Crippen LogP contribution is 2.14. The van der Waals surface area contributed by atoms with Gasteiger partial charge in [0.05, 0.1) is 18.3 Å². The molecule has 19 heavy (non-hydrogen) atoms. The van der Waals surface area contributed by atoms with Crippen LogP contribution >= 0.6 is 0 Å². The van der Waals surface area contributed by atoms with E-state index in [1.807, 2.05) is 27.7 Å². The number of aliphatic hydroxyl groups is 1. The van der Waals surface area contributed by atoms with Crippen molar-refractivity contribution >= 4 is 6.03 Å². The predicted molar refractivity (Wildman–Crippen MR) is 72.0 cm³/mol. The molecular formula is C13H23N3O3. The number of aliphatic hydroxyl groups excluding tert-OH is 1. The summed E-state index contributed by atoms with van der Waals surface area (Å²) in [5.74, 6) is 0.786. The summed E-state index contributed by atoms with van der Waals surface area (Å²) in [6.07, 6.45) is 1.37. The summed E-state index contributed by atoms with van der Waals surface area (Å²) in [6.45, 7) is 7.53. The first-order valence-corrected chi connectivity index (χ1v) is 6.57. The van der Waals surface area contributed by atoms with E-state index in [9.17, 15) is 4.79 Å². The van der Waals surface area contributed by atoms with Gasteiger partial charge in [-0.25, -0.2) is 4.79 Å². The molecule has 6 heteroatoms. The number of rotatable bonds is 6. The maximum Gasteiger partial charge on any atom is 0.315 e. The van der Waals surface area contributed by atoms with Gasteiger partial charge in [-0.1, -0.05) is 12.1 Å². The van der Waals surface area contributed by atoms with Crippen LogP contribution in [0.25, 0.3) is 0 Å². The molecule has 0 aliphatic heterocycles. The number of urea groups is 1. The van der Waals surface area contributed by atoms with Crippen LogP contribution in [0.3, 0.4) is 0 Å². The van der Waals surface area contributed by atoms with Crippen LogP contribution < -0.4 is 10.6 Å². The molecule has 0 saturated heterocycles. The molecule has 6 nitrogen and oxygen atoms in total. The molecule has 1 aromatic rings. The van der Waals surface area contributed by atoms with E-state index in [0.717, 1.165) is 17.0 Å². The Hall–Kier alpha value is -1.56. The number of hydrogen-bond donors (Lipinski definition) is 3. The Morgan fingerprint density at radius 3 is 2.58 bits per heavy atom. The van der Waals surface area contributed by atoms with Crippen LogP contribution in [-0.4, -0.2) is 35.0 Å². The first-order chi connectivity index (χ1) is 8.97. The fraction of sp³-hybridized carbons (Fsp3) is 0.692. The van der Waals surface area contributed by atoms with E-state index in [2.05, 4.69) is 15.8 Å². The summed E-state index contributed by atoms with van der Waals surface area (Å²) in [4.78, 5) is 11.7. The predicted octanol–water partition coefficient (Wildman–Crippen LogP) is 1.29. The van der Waals surface area contributed by atoms with Gasteiger partial charge in [-0.2, -0.15) is 0 Å². The lowest BCUT2D eigenvalue weighted by Gasteiger charge is -2.18. The van der Waals surface area contributed by atoms with Crippen molar-refractivity contribution in [3.8, 4) is 0 Å². The standard InChI is InChI=1S/C13H23N3O3/c1-5-11(7-17)15-13(18)14-8(2)6-12-9(3)16-19-10(12)4/h8,11,17H,5-7H2,1-4H3,(H2,14,15,18). The van der Waals surface area contributed by atoms with E-state index in [0.29, 0.717) is 12.8 Å². The van der Waals surface area contributed by atoms with E-state index in [1.165, 1.54) is 0 Å². The number of amides is 2. The summed E-state index contributed by atoms with van der Waals surface area (Å²) in [6, 6.07) is -0.501. The maximum absolute atomic E-state index is 11.7. The molecule has 0 bridgehead atoms. The van der Waals surface area contributed by atoms with Gasteiger partial charge in [0.15, 0.2) is 0 Å². The van der Waals surface area contributed by atoms with Gasteiger partial charge in [-0.15, -0.1) is 0 Å². The second kappa shape index (κ2) is 7.13. The van der Waals surface area contributed by atoms with E-state index in [1.54, 1.807) is 0 Å². The first kappa shape index (κ1) is 15.5. The van der Waals surface area contributed by atoms with Gasteiger partial charge < -0.3 is 20.3 Å². The van der Waals surface area contributed by atoms with Crippen LogP contribution in [0.5, 0.6) is 0 Å². The van der Waals surface area contributed by atoms with Crippen molar-refractivity contribution in [2.45, 2.75) is 52.6 Å². The quantitative estimate of drug-likeness (QED) is 0.726. The first-order valence-electron chi connectivity index (χ1n) is 6.57. The largest absolute Gasteiger partial charge is 0.394 e. The number of nitrogens with one attached hydrogen (secondary N) is 2.